The van der Waals surface area contributed by atoms with Gasteiger partial charge in [0.2, 0.25) is 12.7 Å². The Labute approximate surface area is 189 Å². The summed E-state index contributed by atoms with van der Waals surface area (Å²) in [6, 6.07) is 6.09. The van der Waals surface area contributed by atoms with Crippen molar-refractivity contribution < 1.29 is 14.3 Å². The minimum atomic E-state index is 0.133. The highest BCUT2D eigenvalue weighted by molar-refractivity contribution is 5.77. The number of carbonyl (C=O) groups excluding carboxylic acids is 1. The summed E-state index contributed by atoms with van der Waals surface area (Å²) in [5, 5.41) is 2.94. The Balaban J connectivity index is 1.35. The van der Waals surface area contributed by atoms with Gasteiger partial charge in [0.25, 0.3) is 0 Å². The minimum absolute atomic E-state index is 0.133. The average molecular weight is 428 g/mol. The van der Waals surface area contributed by atoms with Gasteiger partial charge in [0.05, 0.1) is 0 Å². The normalized spacial score (nSPS) is 13.0. The van der Waals surface area contributed by atoms with E-state index in [4.69, 9.17) is 9.47 Å². The van der Waals surface area contributed by atoms with Crippen LogP contribution >= 0.6 is 0 Å². The molecule has 0 atom stereocenters. The highest BCUT2D eigenvalue weighted by Gasteiger charge is 2.11. The van der Waals surface area contributed by atoms with Crippen LogP contribution in [-0.4, -0.2) is 19.2 Å². The first-order chi connectivity index (χ1) is 15.1. The van der Waals surface area contributed by atoms with Crippen molar-refractivity contribution in [1.82, 2.24) is 5.32 Å². The number of hydrogen-bond acceptors (Lipinski definition) is 3. The molecule has 1 heterocycles. The van der Waals surface area contributed by atoms with E-state index in [-0.39, 0.29) is 5.91 Å². The molecule has 1 amide bonds. The largest absolute Gasteiger partial charge is 0.454 e. The third-order valence-electron chi connectivity index (χ3n) is 5.38. The molecule has 1 aliphatic rings. The average Bonchev–Trinajstić information content (AvgIpc) is 3.23. The van der Waals surface area contributed by atoms with E-state index in [2.05, 4.69) is 43.5 Å². The molecule has 1 aliphatic heterocycles. The lowest BCUT2D eigenvalue weighted by Gasteiger charge is -2.05. The van der Waals surface area contributed by atoms with Crippen molar-refractivity contribution in [3.8, 4) is 11.5 Å². The van der Waals surface area contributed by atoms with Crippen molar-refractivity contribution >= 4 is 12.0 Å². The maximum Gasteiger partial charge on any atom is 0.231 e. The van der Waals surface area contributed by atoms with E-state index in [1.54, 1.807) is 0 Å². The van der Waals surface area contributed by atoms with E-state index in [0.717, 1.165) is 30.9 Å². The van der Waals surface area contributed by atoms with Crippen LogP contribution in [0.1, 0.15) is 90.0 Å². The lowest BCUT2D eigenvalue weighted by atomic mass is 10.1. The topological polar surface area (TPSA) is 47.6 Å². The van der Waals surface area contributed by atoms with Gasteiger partial charge in [-0.25, -0.2) is 0 Å². The molecule has 2 rings (SSSR count). The molecule has 1 aromatic rings. The molecule has 0 radical (unpaired) electrons. The van der Waals surface area contributed by atoms with Crippen molar-refractivity contribution in [3.05, 3.63) is 42.0 Å². The van der Waals surface area contributed by atoms with E-state index in [1.807, 2.05) is 18.2 Å². The standard InChI is InChI=1S/C27H41NO3/c1-23(2)21-28-27(29)17-15-13-11-9-7-5-3-4-6-8-10-12-14-16-24-18-19-25-26(20-24)31-22-30-25/h13-16,18-20,23H,3-12,17,21-22H2,1-2H3,(H,28,29)/b15-13+,16-14+. The molecule has 0 unspecified atom stereocenters. The predicted octanol–water partition coefficient (Wildman–Crippen LogP) is 7.05. The highest BCUT2D eigenvalue weighted by atomic mass is 16.7. The summed E-state index contributed by atoms with van der Waals surface area (Å²) < 4.78 is 10.8. The molecule has 0 spiro atoms. The zero-order chi connectivity index (χ0) is 22.2. The number of ether oxygens (including phenoxy) is 2. The molecular weight excluding hydrogens is 386 g/mol. The third kappa shape index (κ3) is 11.7. The minimum Gasteiger partial charge on any atom is -0.454 e. The molecule has 0 fully saturated rings. The summed E-state index contributed by atoms with van der Waals surface area (Å²) in [5.41, 5.74) is 1.17. The molecule has 0 saturated heterocycles. The summed E-state index contributed by atoms with van der Waals surface area (Å²) in [5.74, 6) is 2.34. The summed E-state index contributed by atoms with van der Waals surface area (Å²) >= 11 is 0. The summed E-state index contributed by atoms with van der Waals surface area (Å²) in [4.78, 5) is 11.6. The number of carbonyl (C=O) groups is 1. The molecule has 1 N–H and O–H groups in total. The zero-order valence-electron chi connectivity index (χ0n) is 19.5. The Morgan fingerprint density at radius 2 is 1.55 bits per heavy atom. The fourth-order valence-corrected chi connectivity index (χ4v) is 3.52. The van der Waals surface area contributed by atoms with Crippen LogP contribution in [0.25, 0.3) is 6.08 Å². The Hall–Kier alpha value is -2.23. The number of allylic oxidation sites excluding steroid dienone is 2. The van der Waals surface area contributed by atoms with Gasteiger partial charge in [-0.2, -0.15) is 0 Å². The van der Waals surface area contributed by atoms with Crippen molar-refractivity contribution in [2.75, 3.05) is 13.3 Å². The SMILES string of the molecule is CC(C)CNC(=O)C/C=C/CCCCCCCCCC/C=C/c1ccc2c(c1)OCO2. The first kappa shape index (κ1) is 25.0. The van der Waals surface area contributed by atoms with E-state index >= 15 is 0 Å². The van der Waals surface area contributed by atoms with E-state index < -0.39 is 0 Å². The van der Waals surface area contributed by atoms with Gasteiger partial charge in [-0.15, -0.1) is 0 Å². The maximum absolute atomic E-state index is 11.6. The fraction of sp³-hybridized carbons (Fsp3) is 0.593. The van der Waals surface area contributed by atoms with Crippen molar-refractivity contribution in [2.24, 2.45) is 5.92 Å². The van der Waals surface area contributed by atoms with Crippen LogP contribution in [0.2, 0.25) is 0 Å². The molecule has 0 aromatic heterocycles. The number of amides is 1. The van der Waals surface area contributed by atoms with E-state index in [1.165, 1.54) is 56.9 Å². The molecule has 172 valence electrons. The molecule has 0 aliphatic carbocycles. The second-order valence-electron chi connectivity index (χ2n) is 8.79. The summed E-state index contributed by atoms with van der Waals surface area (Å²) in [6.07, 6.45) is 21.8. The number of nitrogens with one attached hydrogen (secondary N) is 1. The van der Waals surface area contributed by atoms with Crippen LogP contribution < -0.4 is 14.8 Å². The molecular formula is C27H41NO3. The molecule has 0 saturated carbocycles. The van der Waals surface area contributed by atoms with Gasteiger partial charge in [-0.1, -0.05) is 82.7 Å². The van der Waals surface area contributed by atoms with E-state index in [9.17, 15) is 4.79 Å². The van der Waals surface area contributed by atoms with Gasteiger partial charge < -0.3 is 14.8 Å². The van der Waals surface area contributed by atoms with Crippen molar-refractivity contribution in [3.63, 3.8) is 0 Å². The number of hydrogen-bond donors (Lipinski definition) is 1. The third-order valence-corrected chi connectivity index (χ3v) is 5.38. The summed E-state index contributed by atoms with van der Waals surface area (Å²) in [7, 11) is 0. The van der Waals surface area contributed by atoms with Crippen LogP contribution in [0.3, 0.4) is 0 Å². The molecule has 4 nitrogen and oxygen atoms in total. The first-order valence-electron chi connectivity index (χ1n) is 12.1. The van der Waals surface area contributed by atoms with Gasteiger partial charge in [0, 0.05) is 13.0 Å². The second kappa shape index (κ2) is 15.6. The first-order valence-corrected chi connectivity index (χ1v) is 12.1. The number of unbranched alkanes of at least 4 members (excludes halogenated alkanes) is 9. The maximum atomic E-state index is 11.6. The number of fused-ring (bicyclic) bond motifs is 1. The molecule has 1 aromatic carbocycles. The van der Waals surface area contributed by atoms with Crippen molar-refractivity contribution in [1.29, 1.82) is 0 Å². The lowest BCUT2D eigenvalue weighted by molar-refractivity contribution is -0.120. The number of benzene rings is 1. The second-order valence-corrected chi connectivity index (χ2v) is 8.79. The molecule has 4 heteroatoms. The Morgan fingerprint density at radius 3 is 2.26 bits per heavy atom. The molecule has 31 heavy (non-hydrogen) atoms. The predicted molar refractivity (Wildman–Crippen MR) is 129 cm³/mol. The quantitative estimate of drug-likeness (QED) is 0.227. The van der Waals surface area contributed by atoms with Gasteiger partial charge in [0.15, 0.2) is 11.5 Å². The van der Waals surface area contributed by atoms with Crippen LogP contribution in [0, 0.1) is 5.92 Å². The smallest absolute Gasteiger partial charge is 0.231 e. The number of rotatable bonds is 16. The lowest BCUT2D eigenvalue weighted by Crippen LogP contribution is -2.26. The van der Waals surface area contributed by atoms with Crippen LogP contribution in [0.15, 0.2) is 36.4 Å². The van der Waals surface area contributed by atoms with E-state index in [0.29, 0.717) is 19.1 Å². The Kier molecular flexibility index (Phi) is 12.6. The van der Waals surface area contributed by atoms with Crippen LogP contribution in [0.5, 0.6) is 11.5 Å². The Bertz CT molecular complexity index is 694. The zero-order valence-corrected chi connectivity index (χ0v) is 19.5. The van der Waals surface area contributed by atoms with Gasteiger partial charge in [-0.3, -0.25) is 4.79 Å². The van der Waals surface area contributed by atoms with Crippen molar-refractivity contribution in [2.45, 2.75) is 84.5 Å². The van der Waals surface area contributed by atoms with Crippen LogP contribution in [0.4, 0.5) is 0 Å². The summed E-state index contributed by atoms with van der Waals surface area (Å²) in [6.45, 7) is 5.32. The van der Waals surface area contributed by atoms with Gasteiger partial charge in [-0.05, 0) is 49.3 Å². The monoisotopic (exact) mass is 427 g/mol. The van der Waals surface area contributed by atoms with Crippen LogP contribution in [-0.2, 0) is 4.79 Å². The Morgan fingerprint density at radius 1 is 0.903 bits per heavy atom. The fourth-order valence-electron chi connectivity index (χ4n) is 3.52. The molecule has 0 bridgehead atoms. The van der Waals surface area contributed by atoms with Gasteiger partial charge >= 0.3 is 0 Å². The highest BCUT2D eigenvalue weighted by Crippen LogP contribution is 2.32. The van der Waals surface area contributed by atoms with Gasteiger partial charge in [0.1, 0.15) is 0 Å².